The molecule has 0 saturated carbocycles. The zero-order valence-electron chi connectivity index (χ0n) is 9.72. The molecular weight excluding hydrogens is 236 g/mol. The van der Waals surface area contributed by atoms with Crippen LogP contribution in [0.5, 0.6) is 5.75 Å². The summed E-state index contributed by atoms with van der Waals surface area (Å²) in [7, 11) is 0. The highest BCUT2D eigenvalue weighted by Crippen LogP contribution is 2.21. The summed E-state index contributed by atoms with van der Waals surface area (Å²) in [4.78, 5) is 8.33. The molecule has 2 rings (SSSR count). The second kappa shape index (κ2) is 5.15. The third-order valence-electron chi connectivity index (χ3n) is 2.30. The molecule has 1 aromatic heterocycles. The molecule has 0 fully saturated rings. The van der Waals surface area contributed by atoms with Gasteiger partial charge in [0.2, 0.25) is 0 Å². The third kappa shape index (κ3) is 3.17. The SMILES string of the molecule is Cc1nc(Cl)cc(C(C)Oc2ccccc2)n1. The van der Waals surface area contributed by atoms with Gasteiger partial charge in [-0.25, -0.2) is 9.97 Å². The van der Waals surface area contributed by atoms with E-state index < -0.39 is 0 Å². The number of hydrogen-bond donors (Lipinski definition) is 0. The summed E-state index contributed by atoms with van der Waals surface area (Å²) in [5.41, 5.74) is 0.784. The second-order valence-electron chi connectivity index (χ2n) is 3.74. The second-order valence-corrected chi connectivity index (χ2v) is 4.12. The molecule has 0 bridgehead atoms. The molecule has 0 aliphatic rings. The lowest BCUT2D eigenvalue weighted by Crippen LogP contribution is -2.07. The minimum absolute atomic E-state index is 0.156. The van der Waals surface area contributed by atoms with E-state index in [0.717, 1.165) is 11.4 Å². The molecule has 0 saturated heterocycles. The zero-order valence-corrected chi connectivity index (χ0v) is 10.5. The number of ether oxygens (including phenoxy) is 1. The normalized spacial score (nSPS) is 12.2. The van der Waals surface area contributed by atoms with Crippen molar-refractivity contribution in [2.45, 2.75) is 20.0 Å². The van der Waals surface area contributed by atoms with Gasteiger partial charge in [-0.2, -0.15) is 0 Å². The number of para-hydroxylation sites is 1. The summed E-state index contributed by atoms with van der Waals surface area (Å²) in [6, 6.07) is 11.4. The lowest BCUT2D eigenvalue weighted by atomic mass is 10.2. The quantitative estimate of drug-likeness (QED) is 0.779. The highest BCUT2D eigenvalue weighted by molar-refractivity contribution is 6.29. The predicted octanol–water partition coefficient (Wildman–Crippen LogP) is 3.58. The number of benzene rings is 1. The van der Waals surface area contributed by atoms with Gasteiger partial charge in [0.05, 0.1) is 5.69 Å². The van der Waals surface area contributed by atoms with Crippen molar-refractivity contribution in [3.8, 4) is 5.75 Å². The van der Waals surface area contributed by atoms with E-state index in [1.165, 1.54) is 0 Å². The van der Waals surface area contributed by atoms with Crippen molar-refractivity contribution in [3.63, 3.8) is 0 Å². The Morgan fingerprint density at radius 3 is 2.53 bits per heavy atom. The van der Waals surface area contributed by atoms with Crippen LogP contribution in [-0.2, 0) is 0 Å². The molecule has 0 aliphatic carbocycles. The highest BCUT2D eigenvalue weighted by atomic mass is 35.5. The molecule has 0 spiro atoms. The average Bonchev–Trinajstić information content (AvgIpc) is 2.29. The standard InChI is InChI=1S/C13H13ClN2O/c1-9(17-11-6-4-3-5-7-11)12-8-13(14)16-10(2)15-12/h3-9H,1-2H3. The molecule has 1 heterocycles. The van der Waals surface area contributed by atoms with Crippen LogP contribution in [0.25, 0.3) is 0 Å². The van der Waals surface area contributed by atoms with Gasteiger partial charge in [0.15, 0.2) is 0 Å². The first kappa shape index (κ1) is 11.9. The van der Waals surface area contributed by atoms with Crippen molar-refractivity contribution in [3.05, 3.63) is 53.1 Å². The van der Waals surface area contributed by atoms with Crippen molar-refractivity contribution in [2.24, 2.45) is 0 Å². The molecule has 0 N–H and O–H groups in total. The zero-order chi connectivity index (χ0) is 12.3. The lowest BCUT2D eigenvalue weighted by molar-refractivity contribution is 0.221. The van der Waals surface area contributed by atoms with E-state index in [4.69, 9.17) is 16.3 Å². The maximum Gasteiger partial charge on any atom is 0.138 e. The largest absolute Gasteiger partial charge is 0.484 e. The predicted molar refractivity (Wildman–Crippen MR) is 67.3 cm³/mol. The van der Waals surface area contributed by atoms with Crippen LogP contribution in [0.1, 0.15) is 24.5 Å². The number of hydrogen-bond acceptors (Lipinski definition) is 3. The fourth-order valence-corrected chi connectivity index (χ4v) is 1.76. The van der Waals surface area contributed by atoms with Crippen LogP contribution < -0.4 is 4.74 Å². The van der Waals surface area contributed by atoms with Crippen molar-refractivity contribution in [2.75, 3.05) is 0 Å². The number of nitrogens with zero attached hydrogens (tertiary/aromatic N) is 2. The summed E-state index contributed by atoms with van der Waals surface area (Å²) < 4.78 is 5.76. The first-order valence-electron chi connectivity index (χ1n) is 5.38. The Bertz CT molecular complexity index is 482. The summed E-state index contributed by atoms with van der Waals surface area (Å²) in [5, 5.41) is 0.441. The summed E-state index contributed by atoms with van der Waals surface area (Å²) >= 11 is 5.89. The molecule has 0 amide bonds. The third-order valence-corrected chi connectivity index (χ3v) is 2.49. The minimum atomic E-state index is -0.156. The van der Waals surface area contributed by atoms with Crippen molar-refractivity contribution in [1.82, 2.24) is 9.97 Å². The number of rotatable bonds is 3. The topological polar surface area (TPSA) is 35.0 Å². The van der Waals surface area contributed by atoms with E-state index >= 15 is 0 Å². The van der Waals surface area contributed by atoms with Crippen LogP contribution in [0, 0.1) is 6.92 Å². The van der Waals surface area contributed by atoms with E-state index in [1.54, 1.807) is 6.07 Å². The molecule has 17 heavy (non-hydrogen) atoms. The fourth-order valence-electron chi connectivity index (χ4n) is 1.52. The Hall–Kier alpha value is -1.61. The Morgan fingerprint density at radius 2 is 1.88 bits per heavy atom. The molecule has 1 aromatic carbocycles. The van der Waals surface area contributed by atoms with Gasteiger partial charge in [-0.05, 0) is 26.0 Å². The van der Waals surface area contributed by atoms with Crippen molar-refractivity contribution >= 4 is 11.6 Å². The maximum atomic E-state index is 5.89. The molecule has 2 aromatic rings. The van der Waals surface area contributed by atoms with Crippen LogP contribution >= 0.6 is 11.6 Å². The molecule has 3 nitrogen and oxygen atoms in total. The van der Waals surface area contributed by atoms with Gasteiger partial charge in [-0.15, -0.1) is 0 Å². The van der Waals surface area contributed by atoms with Gasteiger partial charge in [0.25, 0.3) is 0 Å². The van der Waals surface area contributed by atoms with Gasteiger partial charge in [-0.3, -0.25) is 0 Å². The van der Waals surface area contributed by atoms with Gasteiger partial charge >= 0.3 is 0 Å². The summed E-state index contributed by atoms with van der Waals surface area (Å²) in [5.74, 6) is 1.46. The molecule has 4 heteroatoms. The smallest absolute Gasteiger partial charge is 0.138 e. The van der Waals surface area contributed by atoms with Crippen LogP contribution in [0.15, 0.2) is 36.4 Å². The van der Waals surface area contributed by atoms with Gasteiger partial charge in [-0.1, -0.05) is 29.8 Å². The molecule has 1 atom stereocenters. The maximum absolute atomic E-state index is 5.89. The summed E-state index contributed by atoms with van der Waals surface area (Å²) in [6.07, 6.45) is -0.156. The van der Waals surface area contributed by atoms with E-state index in [0.29, 0.717) is 11.0 Å². The molecule has 1 unspecified atom stereocenters. The highest BCUT2D eigenvalue weighted by Gasteiger charge is 2.10. The minimum Gasteiger partial charge on any atom is -0.484 e. The molecular formula is C13H13ClN2O. The molecule has 0 aliphatic heterocycles. The van der Waals surface area contributed by atoms with Crippen LogP contribution in [-0.4, -0.2) is 9.97 Å². The van der Waals surface area contributed by atoms with Crippen molar-refractivity contribution < 1.29 is 4.74 Å². The fraction of sp³-hybridized carbons (Fsp3) is 0.231. The first-order valence-corrected chi connectivity index (χ1v) is 5.76. The molecule has 0 radical (unpaired) electrons. The Morgan fingerprint density at radius 1 is 1.18 bits per heavy atom. The Balaban J connectivity index is 2.17. The van der Waals surface area contributed by atoms with E-state index in [1.807, 2.05) is 44.2 Å². The molecule has 88 valence electrons. The number of halogens is 1. The summed E-state index contributed by atoms with van der Waals surface area (Å²) in [6.45, 7) is 3.75. The average molecular weight is 249 g/mol. The van der Waals surface area contributed by atoms with Gasteiger partial charge < -0.3 is 4.74 Å². The Kier molecular flexibility index (Phi) is 3.59. The van der Waals surface area contributed by atoms with Crippen LogP contribution in [0.4, 0.5) is 0 Å². The van der Waals surface area contributed by atoms with Crippen molar-refractivity contribution in [1.29, 1.82) is 0 Å². The van der Waals surface area contributed by atoms with E-state index in [2.05, 4.69) is 9.97 Å². The van der Waals surface area contributed by atoms with Gasteiger partial charge in [0.1, 0.15) is 22.8 Å². The van der Waals surface area contributed by atoms with E-state index in [9.17, 15) is 0 Å². The lowest BCUT2D eigenvalue weighted by Gasteiger charge is -2.14. The first-order chi connectivity index (χ1) is 8.15. The van der Waals surface area contributed by atoms with Gasteiger partial charge in [0, 0.05) is 6.07 Å². The number of aromatic nitrogens is 2. The van der Waals surface area contributed by atoms with Crippen LogP contribution in [0.3, 0.4) is 0 Å². The van der Waals surface area contributed by atoms with Crippen LogP contribution in [0.2, 0.25) is 5.15 Å². The monoisotopic (exact) mass is 248 g/mol. The number of aryl methyl sites for hydroxylation is 1. The van der Waals surface area contributed by atoms with E-state index in [-0.39, 0.29) is 6.10 Å². The Labute approximate surface area is 105 Å².